The fourth-order valence-corrected chi connectivity index (χ4v) is 2.57. The second-order valence-electron chi connectivity index (χ2n) is 5.34. The second kappa shape index (κ2) is 4.98. The molecule has 4 aromatic rings. The van der Waals surface area contributed by atoms with E-state index in [9.17, 15) is 13.2 Å². The van der Waals surface area contributed by atoms with E-state index < -0.39 is 11.9 Å². The topological polar surface area (TPSA) is 56.5 Å². The molecule has 120 valence electrons. The number of aryl methyl sites for hydroxylation is 1. The van der Waals surface area contributed by atoms with Crippen molar-refractivity contribution in [1.29, 1.82) is 0 Å². The lowest BCUT2D eigenvalue weighted by Crippen LogP contribution is -2.10. The average molecular weight is 329 g/mol. The summed E-state index contributed by atoms with van der Waals surface area (Å²) in [6.45, 7) is 1.90. The largest absolute Gasteiger partial charge is 0.435 e. The van der Waals surface area contributed by atoms with E-state index >= 15 is 0 Å². The van der Waals surface area contributed by atoms with Gasteiger partial charge in [0.15, 0.2) is 11.5 Å². The molecule has 0 fully saturated rings. The zero-order chi connectivity index (χ0) is 16.9. The Bertz CT molecular complexity index is 1050. The third kappa shape index (κ3) is 2.27. The van der Waals surface area contributed by atoms with Crippen LogP contribution < -0.4 is 0 Å². The summed E-state index contributed by atoms with van der Waals surface area (Å²) < 4.78 is 39.4. The lowest BCUT2D eigenvalue weighted by Gasteiger charge is -2.07. The summed E-state index contributed by atoms with van der Waals surface area (Å²) in [5.41, 5.74) is 2.12. The van der Waals surface area contributed by atoms with Crippen LogP contribution in [-0.2, 0) is 6.18 Å². The molecule has 3 heterocycles. The van der Waals surface area contributed by atoms with Crippen molar-refractivity contribution < 1.29 is 13.2 Å². The van der Waals surface area contributed by atoms with Crippen molar-refractivity contribution in [3.8, 4) is 5.82 Å². The number of halogens is 3. The van der Waals surface area contributed by atoms with E-state index in [1.54, 1.807) is 4.57 Å². The Morgan fingerprint density at radius 3 is 2.50 bits per heavy atom. The van der Waals surface area contributed by atoms with Crippen molar-refractivity contribution in [3.63, 3.8) is 0 Å². The van der Waals surface area contributed by atoms with E-state index in [4.69, 9.17) is 0 Å². The maximum absolute atomic E-state index is 12.6. The van der Waals surface area contributed by atoms with Crippen LogP contribution >= 0.6 is 0 Å². The highest BCUT2D eigenvalue weighted by Crippen LogP contribution is 2.28. The van der Waals surface area contributed by atoms with Crippen LogP contribution in [0.1, 0.15) is 11.4 Å². The maximum atomic E-state index is 12.6. The molecule has 0 spiro atoms. The Balaban J connectivity index is 1.87. The van der Waals surface area contributed by atoms with Gasteiger partial charge in [-0.25, -0.2) is 4.98 Å². The fraction of sp³-hybridized carbons (Fsp3) is 0.125. The molecule has 24 heavy (non-hydrogen) atoms. The number of alkyl halides is 3. The zero-order valence-electron chi connectivity index (χ0n) is 12.4. The molecule has 0 unspecified atom stereocenters. The van der Waals surface area contributed by atoms with Gasteiger partial charge in [0.05, 0.1) is 16.6 Å². The molecule has 0 aliphatic carbocycles. The summed E-state index contributed by atoms with van der Waals surface area (Å²) >= 11 is 0. The highest BCUT2D eigenvalue weighted by atomic mass is 19.4. The number of rotatable bonds is 1. The predicted octanol–water partition coefficient (Wildman–Crippen LogP) is 3.69. The van der Waals surface area contributed by atoms with Gasteiger partial charge in [-0.15, -0.1) is 10.2 Å². The first kappa shape index (κ1) is 14.6. The molecule has 0 bridgehead atoms. The van der Waals surface area contributed by atoms with Gasteiger partial charge in [0.1, 0.15) is 6.33 Å². The molecular formula is C16H10F3N5. The third-order valence-electron chi connectivity index (χ3n) is 3.71. The first-order valence-corrected chi connectivity index (χ1v) is 7.08. The van der Waals surface area contributed by atoms with E-state index in [1.807, 2.05) is 31.2 Å². The Morgan fingerprint density at radius 1 is 0.958 bits per heavy atom. The van der Waals surface area contributed by atoms with Crippen molar-refractivity contribution in [2.24, 2.45) is 0 Å². The van der Waals surface area contributed by atoms with Crippen LogP contribution in [0.2, 0.25) is 0 Å². The molecule has 5 nitrogen and oxygen atoms in total. The molecule has 4 rings (SSSR count). The SMILES string of the molecule is Cc1ccc2c(ccc3c2ncn3-c2ccc(C(F)(F)F)nn2)n1. The lowest BCUT2D eigenvalue weighted by molar-refractivity contribution is -0.141. The molecule has 0 aliphatic heterocycles. The summed E-state index contributed by atoms with van der Waals surface area (Å²) in [6.07, 6.45) is -3.00. The van der Waals surface area contributed by atoms with E-state index in [-0.39, 0.29) is 5.82 Å². The van der Waals surface area contributed by atoms with Crippen molar-refractivity contribution in [2.75, 3.05) is 0 Å². The standard InChI is InChI=1S/C16H10F3N5/c1-9-2-3-10-11(21-9)4-5-12-15(10)20-8-24(12)14-7-6-13(22-23-14)16(17,18)19/h2-8H,1H3. The monoisotopic (exact) mass is 329 g/mol. The number of hydrogen-bond acceptors (Lipinski definition) is 4. The van der Waals surface area contributed by atoms with Gasteiger partial charge in [-0.05, 0) is 43.3 Å². The molecule has 1 aromatic carbocycles. The van der Waals surface area contributed by atoms with E-state index in [1.165, 1.54) is 12.4 Å². The molecule has 0 atom stereocenters. The van der Waals surface area contributed by atoms with Crippen LogP contribution in [0.3, 0.4) is 0 Å². The first-order chi connectivity index (χ1) is 11.4. The normalized spacial score (nSPS) is 12.2. The van der Waals surface area contributed by atoms with Crippen LogP contribution in [0.5, 0.6) is 0 Å². The molecule has 0 aliphatic rings. The summed E-state index contributed by atoms with van der Waals surface area (Å²) in [5.74, 6) is 0.268. The number of aromatic nitrogens is 5. The summed E-state index contributed by atoms with van der Waals surface area (Å²) in [6, 6.07) is 9.65. The Kier molecular flexibility index (Phi) is 3.02. The van der Waals surface area contributed by atoms with Gasteiger partial charge >= 0.3 is 6.18 Å². The van der Waals surface area contributed by atoms with Crippen LogP contribution in [0.25, 0.3) is 27.8 Å². The number of pyridine rings is 1. The third-order valence-corrected chi connectivity index (χ3v) is 3.71. The smallest absolute Gasteiger partial charge is 0.281 e. The predicted molar refractivity (Wildman–Crippen MR) is 81.7 cm³/mol. The Hall–Kier alpha value is -3.03. The number of imidazole rings is 1. The average Bonchev–Trinajstić information content (AvgIpc) is 2.98. The second-order valence-corrected chi connectivity index (χ2v) is 5.34. The molecule has 8 heteroatoms. The van der Waals surface area contributed by atoms with Gasteiger partial charge < -0.3 is 0 Å². The minimum Gasteiger partial charge on any atom is -0.281 e. The molecule has 0 amide bonds. The molecule has 0 saturated heterocycles. The Morgan fingerprint density at radius 2 is 1.79 bits per heavy atom. The number of nitrogens with zero attached hydrogens (tertiary/aromatic N) is 5. The van der Waals surface area contributed by atoms with Crippen molar-refractivity contribution >= 4 is 21.9 Å². The van der Waals surface area contributed by atoms with Crippen molar-refractivity contribution in [1.82, 2.24) is 24.7 Å². The molecule has 0 saturated carbocycles. The number of hydrogen-bond donors (Lipinski definition) is 0. The summed E-state index contributed by atoms with van der Waals surface area (Å²) in [4.78, 5) is 8.80. The number of fused-ring (bicyclic) bond motifs is 3. The van der Waals surface area contributed by atoms with Crippen LogP contribution in [0, 0.1) is 6.92 Å². The zero-order valence-corrected chi connectivity index (χ0v) is 12.4. The lowest BCUT2D eigenvalue weighted by atomic mass is 10.1. The van der Waals surface area contributed by atoms with Crippen LogP contribution in [-0.4, -0.2) is 24.7 Å². The minimum atomic E-state index is -4.51. The van der Waals surface area contributed by atoms with Gasteiger partial charge in [0, 0.05) is 11.1 Å². The summed E-state index contributed by atoms with van der Waals surface area (Å²) in [5, 5.41) is 7.79. The number of benzene rings is 1. The van der Waals surface area contributed by atoms with Gasteiger partial charge in [-0.3, -0.25) is 9.55 Å². The van der Waals surface area contributed by atoms with Gasteiger partial charge in [0.2, 0.25) is 0 Å². The van der Waals surface area contributed by atoms with E-state index in [0.717, 1.165) is 28.2 Å². The van der Waals surface area contributed by atoms with Crippen LogP contribution in [0.15, 0.2) is 42.7 Å². The van der Waals surface area contributed by atoms with Gasteiger partial charge in [-0.2, -0.15) is 13.2 Å². The summed E-state index contributed by atoms with van der Waals surface area (Å²) in [7, 11) is 0. The highest BCUT2D eigenvalue weighted by molar-refractivity contribution is 6.03. The maximum Gasteiger partial charge on any atom is 0.435 e. The first-order valence-electron chi connectivity index (χ1n) is 7.08. The molecule has 3 aromatic heterocycles. The molecular weight excluding hydrogens is 319 g/mol. The van der Waals surface area contributed by atoms with Gasteiger partial charge in [-0.1, -0.05) is 0 Å². The molecule has 0 radical (unpaired) electrons. The molecule has 0 N–H and O–H groups in total. The van der Waals surface area contributed by atoms with Crippen LogP contribution in [0.4, 0.5) is 13.2 Å². The van der Waals surface area contributed by atoms with Crippen molar-refractivity contribution in [2.45, 2.75) is 13.1 Å². The fourth-order valence-electron chi connectivity index (χ4n) is 2.57. The van der Waals surface area contributed by atoms with Crippen molar-refractivity contribution in [3.05, 3.63) is 54.1 Å². The van der Waals surface area contributed by atoms with E-state index in [0.29, 0.717) is 5.52 Å². The van der Waals surface area contributed by atoms with E-state index in [2.05, 4.69) is 20.2 Å². The Labute approximate surface area is 133 Å². The quantitative estimate of drug-likeness (QED) is 0.534. The minimum absolute atomic E-state index is 0.268. The highest BCUT2D eigenvalue weighted by Gasteiger charge is 2.33. The van der Waals surface area contributed by atoms with Gasteiger partial charge in [0.25, 0.3) is 0 Å².